The van der Waals surface area contributed by atoms with Crippen LogP contribution < -0.4 is 0 Å². The molecule has 0 radical (unpaired) electrons. The van der Waals surface area contributed by atoms with Crippen molar-refractivity contribution in [3.63, 3.8) is 0 Å². The van der Waals surface area contributed by atoms with Crippen molar-refractivity contribution in [1.82, 2.24) is 0 Å². The zero-order valence-corrected chi connectivity index (χ0v) is 13.9. The van der Waals surface area contributed by atoms with Crippen LogP contribution in [0.2, 0.25) is 0 Å². The van der Waals surface area contributed by atoms with Crippen LogP contribution in [-0.2, 0) is 41.8 Å². The third kappa shape index (κ3) is 3.34. The molecule has 0 bridgehead atoms. The summed E-state index contributed by atoms with van der Waals surface area (Å²) in [6, 6.07) is 18.9. The second-order valence-corrected chi connectivity index (χ2v) is 6.24. The molecule has 6 nitrogen and oxygen atoms in total. The molecule has 2 heterocycles. The number of rotatable bonds is 6. The third-order valence-corrected chi connectivity index (χ3v) is 4.43. The maximum Gasteiger partial charge on any atom is 0.339 e. The van der Waals surface area contributed by atoms with Gasteiger partial charge in [-0.1, -0.05) is 60.7 Å². The van der Waals surface area contributed by atoms with Crippen LogP contribution in [0.5, 0.6) is 0 Å². The Labute approximate surface area is 150 Å². The van der Waals surface area contributed by atoms with E-state index in [0.717, 1.165) is 11.1 Å². The highest BCUT2D eigenvalue weighted by Crippen LogP contribution is 2.33. The molecule has 0 N–H and O–H groups in total. The van der Waals surface area contributed by atoms with Gasteiger partial charge >= 0.3 is 11.9 Å². The van der Waals surface area contributed by atoms with E-state index in [4.69, 9.17) is 18.9 Å². The van der Waals surface area contributed by atoms with E-state index in [2.05, 4.69) is 0 Å². The lowest BCUT2D eigenvalue weighted by Crippen LogP contribution is -2.34. The molecule has 26 heavy (non-hydrogen) atoms. The smallest absolute Gasteiger partial charge is 0.339 e. The number of carbonyl (C=O) groups excluding carboxylic acids is 2. The zero-order valence-electron chi connectivity index (χ0n) is 13.9. The molecule has 2 saturated heterocycles. The van der Waals surface area contributed by atoms with Crippen LogP contribution >= 0.6 is 0 Å². The molecule has 0 spiro atoms. The van der Waals surface area contributed by atoms with E-state index in [0.29, 0.717) is 0 Å². The lowest BCUT2D eigenvalue weighted by Gasteiger charge is -2.14. The van der Waals surface area contributed by atoms with Gasteiger partial charge in [-0.3, -0.25) is 0 Å². The standard InChI is InChI=1S/C20H18O6/c21-19-17(23-11-13-7-3-1-4-8-13)15-16(26-19)18(20(22)25-15)24-12-14-9-5-2-6-10-14/h1-10,15-18H,11-12H2. The molecule has 2 aliphatic heterocycles. The van der Waals surface area contributed by atoms with Gasteiger partial charge in [0.25, 0.3) is 0 Å². The number of benzene rings is 2. The fourth-order valence-electron chi connectivity index (χ4n) is 3.12. The largest absolute Gasteiger partial charge is 0.453 e. The van der Waals surface area contributed by atoms with Crippen LogP contribution in [0.3, 0.4) is 0 Å². The Morgan fingerprint density at radius 2 is 1.04 bits per heavy atom. The van der Waals surface area contributed by atoms with E-state index in [1.165, 1.54) is 0 Å². The van der Waals surface area contributed by atoms with Gasteiger partial charge in [0, 0.05) is 0 Å². The molecular formula is C20H18O6. The van der Waals surface area contributed by atoms with Crippen molar-refractivity contribution in [3.8, 4) is 0 Å². The van der Waals surface area contributed by atoms with Crippen molar-refractivity contribution in [2.75, 3.05) is 0 Å². The number of ether oxygens (including phenoxy) is 4. The summed E-state index contributed by atoms with van der Waals surface area (Å²) in [5.41, 5.74) is 1.84. The maximum atomic E-state index is 12.1. The van der Waals surface area contributed by atoms with Crippen molar-refractivity contribution in [1.29, 1.82) is 0 Å². The molecule has 0 amide bonds. The van der Waals surface area contributed by atoms with E-state index >= 15 is 0 Å². The van der Waals surface area contributed by atoms with Crippen LogP contribution in [0.15, 0.2) is 60.7 Å². The first-order valence-electron chi connectivity index (χ1n) is 8.44. The van der Waals surface area contributed by atoms with Crippen LogP contribution in [0, 0.1) is 0 Å². The first-order chi connectivity index (χ1) is 12.7. The van der Waals surface area contributed by atoms with Gasteiger partial charge in [-0.2, -0.15) is 0 Å². The summed E-state index contributed by atoms with van der Waals surface area (Å²) in [6.45, 7) is 0.466. The number of hydrogen-bond donors (Lipinski definition) is 0. The van der Waals surface area contributed by atoms with Gasteiger partial charge in [0.2, 0.25) is 0 Å². The number of hydrogen-bond acceptors (Lipinski definition) is 6. The summed E-state index contributed by atoms with van der Waals surface area (Å²) in [4.78, 5) is 24.3. The SMILES string of the molecule is O=C1OC2C(OCc3ccccc3)C(=O)OC2C1OCc1ccccc1. The first-order valence-corrected chi connectivity index (χ1v) is 8.44. The molecule has 134 valence electrons. The maximum absolute atomic E-state index is 12.1. The van der Waals surface area contributed by atoms with Gasteiger partial charge in [0.05, 0.1) is 13.2 Å². The Kier molecular flexibility index (Phi) is 4.69. The van der Waals surface area contributed by atoms with Gasteiger partial charge in [-0.05, 0) is 11.1 Å². The quantitative estimate of drug-likeness (QED) is 0.739. The summed E-state index contributed by atoms with van der Waals surface area (Å²) in [5.74, 6) is -1.06. The fourth-order valence-corrected chi connectivity index (χ4v) is 3.12. The van der Waals surface area contributed by atoms with Gasteiger partial charge < -0.3 is 18.9 Å². The van der Waals surface area contributed by atoms with Crippen LogP contribution in [0.1, 0.15) is 11.1 Å². The monoisotopic (exact) mass is 354 g/mol. The van der Waals surface area contributed by atoms with Crippen molar-refractivity contribution in [2.45, 2.75) is 37.6 Å². The molecule has 2 aromatic rings. The molecule has 0 saturated carbocycles. The Morgan fingerprint density at radius 1 is 0.654 bits per heavy atom. The number of fused-ring (bicyclic) bond motifs is 1. The minimum atomic E-state index is -0.936. The third-order valence-electron chi connectivity index (χ3n) is 4.43. The second kappa shape index (κ2) is 7.27. The summed E-state index contributed by atoms with van der Waals surface area (Å²) in [6.07, 6.45) is -3.43. The number of carbonyl (C=O) groups is 2. The van der Waals surface area contributed by atoms with Gasteiger partial charge in [0.15, 0.2) is 24.4 Å². The minimum Gasteiger partial charge on any atom is -0.453 e. The highest BCUT2D eigenvalue weighted by Gasteiger charge is 2.59. The van der Waals surface area contributed by atoms with Gasteiger partial charge in [0.1, 0.15) is 0 Å². The second-order valence-electron chi connectivity index (χ2n) is 6.24. The summed E-state index contributed by atoms with van der Waals surface area (Å²) < 4.78 is 22.0. The average Bonchev–Trinajstić information content (AvgIpc) is 3.13. The first kappa shape index (κ1) is 16.8. The Bertz CT molecular complexity index is 708. The van der Waals surface area contributed by atoms with Crippen LogP contribution in [0.4, 0.5) is 0 Å². The topological polar surface area (TPSA) is 71.1 Å². The minimum absolute atomic E-state index is 0.233. The lowest BCUT2D eigenvalue weighted by molar-refractivity contribution is -0.165. The van der Waals surface area contributed by atoms with E-state index in [-0.39, 0.29) is 13.2 Å². The van der Waals surface area contributed by atoms with Crippen LogP contribution in [0.25, 0.3) is 0 Å². The van der Waals surface area contributed by atoms with Crippen molar-refractivity contribution in [2.24, 2.45) is 0 Å². The summed E-state index contributed by atoms with van der Waals surface area (Å²) in [7, 11) is 0. The molecule has 4 unspecified atom stereocenters. The molecule has 4 atom stereocenters. The van der Waals surface area contributed by atoms with E-state index in [1.54, 1.807) is 0 Å². The van der Waals surface area contributed by atoms with Crippen LogP contribution in [-0.4, -0.2) is 36.4 Å². The molecule has 2 fully saturated rings. The van der Waals surface area contributed by atoms with E-state index in [9.17, 15) is 9.59 Å². The summed E-state index contributed by atoms with van der Waals surface area (Å²) in [5, 5.41) is 0. The Balaban J connectivity index is 1.39. The zero-order chi connectivity index (χ0) is 17.9. The Morgan fingerprint density at radius 3 is 1.42 bits per heavy atom. The average molecular weight is 354 g/mol. The Hall–Kier alpha value is -2.70. The predicted molar refractivity (Wildman–Crippen MR) is 89.8 cm³/mol. The number of esters is 2. The van der Waals surface area contributed by atoms with Crippen molar-refractivity contribution in [3.05, 3.63) is 71.8 Å². The van der Waals surface area contributed by atoms with E-state index in [1.807, 2.05) is 60.7 Å². The molecule has 2 aliphatic rings. The lowest BCUT2D eigenvalue weighted by atomic mass is 10.1. The highest BCUT2D eigenvalue weighted by atomic mass is 16.7. The molecule has 0 aliphatic carbocycles. The van der Waals surface area contributed by atoms with Crippen molar-refractivity contribution >= 4 is 11.9 Å². The molecule has 6 heteroatoms. The molecule has 2 aromatic carbocycles. The summed E-state index contributed by atoms with van der Waals surface area (Å²) >= 11 is 0. The molecular weight excluding hydrogens is 336 g/mol. The van der Waals surface area contributed by atoms with Crippen molar-refractivity contribution < 1.29 is 28.5 Å². The highest BCUT2D eigenvalue weighted by molar-refractivity contribution is 5.85. The van der Waals surface area contributed by atoms with Gasteiger partial charge in [-0.25, -0.2) is 9.59 Å². The fraction of sp³-hybridized carbons (Fsp3) is 0.300. The van der Waals surface area contributed by atoms with Gasteiger partial charge in [-0.15, -0.1) is 0 Å². The predicted octanol–water partition coefficient (Wildman–Crippen LogP) is 2.01. The van der Waals surface area contributed by atoms with E-state index < -0.39 is 36.4 Å². The normalized spacial score (nSPS) is 27.1. The molecule has 0 aromatic heterocycles. The molecule has 4 rings (SSSR count).